The van der Waals surface area contributed by atoms with Crippen LogP contribution in [-0.2, 0) is 11.2 Å². The molecule has 1 aliphatic rings. The minimum atomic E-state index is -0.222. The molecule has 0 atom stereocenters. The third kappa shape index (κ3) is 6.58. The summed E-state index contributed by atoms with van der Waals surface area (Å²) in [6.07, 6.45) is 2.11. The van der Waals surface area contributed by atoms with E-state index in [9.17, 15) is 9.59 Å². The summed E-state index contributed by atoms with van der Waals surface area (Å²) in [5.41, 5.74) is 0.621. The van der Waals surface area contributed by atoms with Crippen LogP contribution < -0.4 is 10.6 Å². The first kappa shape index (κ1) is 19.6. The molecule has 2 rings (SSSR count). The van der Waals surface area contributed by atoms with Gasteiger partial charge in [0.1, 0.15) is 0 Å². The van der Waals surface area contributed by atoms with Crippen LogP contribution >= 0.6 is 11.6 Å². The van der Waals surface area contributed by atoms with Crippen LogP contribution in [0, 0.1) is 5.92 Å². The number of benzene rings is 1. The van der Waals surface area contributed by atoms with E-state index in [-0.39, 0.29) is 17.5 Å². The summed E-state index contributed by atoms with van der Waals surface area (Å²) in [4.78, 5) is 26.1. The van der Waals surface area contributed by atoms with Crippen molar-refractivity contribution in [3.05, 3.63) is 34.9 Å². The van der Waals surface area contributed by atoms with Gasteiger partial charge in [-0.1, -0.05) is 29.8 Å². The van der Waals surface area contributed by atoms with Crippen molar-refractivity contribution in [1.82, 2.24) is 15.5 Å². The summed E-state index contributed by atoms with van der Waals surface area (Å²) in [6, 6.07) is 7.39. The smallest absolute Gasteiger partial charge is 0.317 e. The fourth-order valence-corrected chi connectivity index (χ4v) is 3.08. The molecule has 3 amide bonds. The molecule has 0 saturated carbocycles. The standard InChI is InChI=1S/C19H28ClN3O2/c1-19(2,3)22-18(25)23-10-8-14(9-11-23)13-21-17(24)12-15-6-4-5-7-16(15)20/h4-7,14H,8-13H2,1-3H3,(H,21,24)(H,22,25). The van der Waals surface area contributed by atoms with Gasteiger partial charge in [-0.25, -0.2) is 4.79 Å². The third-order valence-corrected chi connectivity index (χ3v) is 4.65. The normalized spacial score (nSPS) is 15.8. The molecule has 25 heavy (non-hydrogen) atoms. The van der Waals surface area contributed by atoms with Gasteiger partial charge in [-0.2, -0.15) is 0 Å². The summed E-state index contributed by atoms with van der Waals surface area (Å²) in [5.74, 6) is 0.398. The van der Waals surface area contributed by atoms with E-state index in [1.807, 2.05) is 43.9 Å². The van der Waals surface area contributed by atoms with Crippen LogP contribution in [0.5, 0.6) is 0 Å². The van der Waals surface area contributed by atoms with Gasteiger partial charge in [0.2, 0.25) is 5.91 Å². The molecule has 138 valence electrons. The van der Waals surface area contributed by atoms with E-state index < -0.39 is 0 Å². The van der Waals surface area contributed by atoms with Crippen LogP contribution in [0.25, 0.3) is 0 Å². The van der Waals surface area contributed by atoms with Gasteiger partial charge < -0.3 is 15.5 Å². The minimum Gasteiger partial charge on any atom is -0.356 e. The van der Waals surface area contributed by atoms with Crippen molar-refractivity contribution in [1.29, 1.82) is 0 Å². The number of amides is 3. The number of likely N-dealkylation sites (tertiary alicyclic amines) is 1. The molecule has 0 aromatic heterocycles. The molecular weight excluding hydrogens is 338 g/mol. The summed E-state index contributed by atoms with van der Waals surface area (Å²) in [5, 5.41) is 6.61. The zero-order valence-corrected chi connectivity index (χ0v) is 16.0. The highest BCUT2D eigenvalue weighted by Crippen LogP contribution is 2.18. The van der Waals surface area contributed by atoms with Crippen LogP contribution in [0.1, 0.15) is 39.2 Å². The Morgan fingerprint density at radius 3 is 2.44 bits per heavy atom. The fraction of sp³-hybridized carbons (Fsp3) is 0.579. The van der Waals surface area contributed by atoms with E-state index in [0.29, 0.717) is 23.9 Å². The SMILES string of the molecule is CC(C)(C)NC(=O)N1CCC(CNC(=O)Cc2ccccc2Cl)CC1. The molecule has 1 fully saturated rings. The third-order valence-electron chi connectivity index (χ3n) is 4.28. The average Bonchev–Trinajstić information content (AvgIpc) is 2.54. The number of rotatable bonds is 4. The second-order valence-corrected chi connectivity index (χ2v) is 8.09. The van der Waals surface area contributed by atoms with Gasteiger partial charge in [-0.05, 0) is 51.2 Å². The number of halogens is 1. The number of hydrogen-bond donors (Lipinski definition) is 2. The molecule has 0 spiro atoms. The van der Waals surface area contributed by atoms with Crippen molar-refractivity contribution in [2.75, 3.05) is 19.6 Å². The molecule has 1 aromatic rings. The Bertz CT molecular complexity index is 605. The molecule has 0 unspecified atom stereocenters. The largest absolute Gasteiger partial charge is 0.356 e. The Morgan fingerprint density at radius 2 is 1.84 bits per heavy atom. The molecule has 1 aliphatic heterocycles. The maximum Gasteiger partial charge on any atom is 0.317 e. The van der Waals surface area contributed by atoms with Crippen LogP contribution in [0.15, 0.2) is 24.3 Å². The molecule has 6 heteroatoms. The maximum absolute atomic E-state index is 12.2. The molecule has 0 radical (unpaired) electrons. The maximum atomic E-state index is 12.2. The van der Waals surface area contributed by atoms with Gasteiger partial charge >= 0.3 is 6.03 Å². The fourth-order valence-electron chi connectivity index (χ4n) is 2.88. The number of urea groups is 1. The van der Waals surface area contributed by atoms with Crippen molar-refractivity contribution in [2.24, 2.45) is 5.92 Å². The summed E-state index contributed by atoms with van der Waals surface area (Å²) >= 11 is 6.09. The Hall–Kier alpha value is -1.75. The first-order valence-corrected chi connectivity index (χ1v) is 9.19. The minimum absolute atomic E-state index is 0.00583. The second kappa shape index (κ2) is 8.56. The second-order valence-electron chi connectivity index (χ2n) is 7.68. The van der Waals surface area contributed by atoms with E-state index in [0.717, 1.165) is 31.5 Å². The highest BCUT2D eigenvalue weighted by Gasteiger charge is 2.25. The zero-order valence-electron chi connectivity index (χ0n) is 15.3. The van der Waals surface area contributed by atoms with Crippen molar-refractivity contribution in [3.63, 3.8) is 0 Å². The van der Waals surface area contributed by atoms with E-state index in [2.05, 4.69) is 10.6 Å². The molecule has 2 N–H and O–H groups in total. The van der Waals surface area contributed by atoms with Gasteiger partial charge in [0.15, 0.2) is 0 Å². The van der Waals surface area contributed by atoms with E-state index in [4.69, 9.17) is 11.6 Å². The summed E-state index contributed by atoms with van der Waals surface area (Å²) in [7, 11) is 0. The highest BCUT2D eigenvalue weighted by molar-refractivity contribution is 6.31. The average molecular weight is 366 g/mol. The topological polar surface area (TPSA) is 61.4 Å². The van der Waals surface area contributed by atoms with E-state index in [1.165, 1.54) is 0 Å². The Morgan fingerprint density at radius 1 is 1.20 bits per heavy atom. The van der Waals surface area contributed by atoms with E-state index in [1.54, 1.807) is 6.07 Å². The highest BCUT2D eigenvalue weighted by atomic mass is 35.5. The van der Waals surface area contributed by atoms with Crippen molar-refractivity contribution in [3.8, 4) is 0 Å². The lowest BCUT2D eigenvalue weighted by Gasteiger charge is -2.34. The summed E-state index contributed by atoms with van der Waals surface area (Å²) in [6.45, 7) is 8.04. The van der Waals surface area contributed by atoms with Crippen LogP contribution in [0.2, 0.25) is 5.02 Å². The Labute approximate surface area is 155 Å². The first-order valence-electron chi connectivity index (χ1n) is 8.82. The Kier molecular flexibility index (Phi) is 6.71. The van der Waals surface area contributed by atoms with Gasteiger partial charge in [-0.15, -0.1) is 0 Å². The predicted molar refractivity (Wildman–Crippen MR) is 101 cm³/mol. The zero-order chi connectivity index (χ0) is 18.4. The van der Waals surface area contributed by atoms with Crippen molar-refractivity contribution < 1.29 is 9.59 Å². The van der Waals surface area contributed by atoms with Gasteiger partial charge in [0.05, 0.1) is 6.42 Å². The number of carbonyl (C=O) groups is 2. The summed E-state index contributed by atoms with van der Waals surface area (Å²) < 4.78 is 0. The van der Waals surface area contributed by atoms with Gasteiger partial charge in [0.25, 0.3) is 0 Å². The van der Waals surface area contributed by atoms with Crippen LogP contribution in [0.3, 0.4) is 0 Å². The lowest BCUT2D eigenvalue weighted by atomic mass is 9.96. The molecule has 1 heterocycles. The first-order chi connectivity index (χ1) is 11.7. The van der Waals surface area contributed by atoms with E-state index >= 15 is 0 Å². The molecule has 1 aromatic carbocycles. The van der Waals surface area contributed by atoms with Crippen LogP contribution in [-0.4, -0.2) is 42.0 Å². The lowest BCUT2D eigenvalue weighted by Crippen LogP contribution is -2.51. The lowest BCUT2D eigenvalue weighted by molar-refractivity contribution is -0.120. The molecule has 0 aliphatic carbocycles. The number of nitrogens with one attached hydrogen (secondary N) is 2. The Balaban J connectivity index is 1.71. The number of hydrogen-bond acceptors (Lipinski definition) is 2. The van der Waals surface area contributed by atoms with Gasteiger partial charge in [0, 0.05) is 30.2 Å². The number of nitrogens with zero attached hydrogens (tertiary/aromatic N) is 1. The van der Waals surface area contributed by atoms with Gasteiger partial charge in [-0.3, -0.25) is 4.79 Å². The number of piperidine rings is 1. The molecule has 0 bridgehead atoms. The number of carbonyl (C=O) groups excluding carboxylic acids is 2. The monoisotopic (exact) mass is 365 g/mol. The van der Waals surface area contributed by atoms with Crippen molar-refractivity contribution >= 4 is 23.5 Å². The molecule has 5 nitrogen and oxygen atoms in total. The quantitative estimate of drug-likeness (QED) is 0.860. The van der Waals surface area contributed by atoms with Crippen LogP contribution in [0.4, 0.5) is 4.79 Å². The predicted octanol–water partition coefficient (Wildman–Crippen LogP) is 3.22. The van der Waals surface area contributed by atoms with Crippen molar-refractivity contribution in [2.45, 2.75) is 45.6 Å². The molecular formula is C19H28ClN3O2. The molecule has 1 saturated heterocycles.